The molecule has 174 valence electrons. The molecule has 2 aliphatic heterocycles. The van der Waals surface area contributed by atoms with Gasteiger partial charge in [-0.15, -0.1) is 0 Å². The lowest BCUT2D eigenvalue weighted by atomic mass is 10.2. The van der Waals surface area contributed by atoms with Crippen molar-refractivity contribution in [1.82, 2.24) is 14.7 Å². The number of aryl methyl sites for hydroxylation is 1. The summed E-state index contributed by atoms with van der Waals surface area (Å²) in [5.41, 5.74) is 0.753. The lowest BCUT2D eigenvalue weighted by Crippen LogP contribution is -2.40. The molecule has 0 aliphatic carbocycles. The number of hydrogen-bond acceptors (Lipinski definition) is 7. The number of anilines is 1. The molecule has 2 atom stereocenters. The molecule has 0 radical (unpaired) electrons. The average Bonchev–Trinajstić information content (AvgIpc) is 3.37. The maximum Gasteiger partial charge on any atom is 0.326 e. The van der Waals surface area contributed by atoms with Crippen molar-refractivity contribution in [2.75, 3.05) is 44.3 Å². The zero-order chi connectivity index (χ0) is 22.9. The van der Waals surface area contributed by atoms with E-state index in [1.807, 2.05) is 13.0 Å². The van der Waals surface area contributed by atoms with Crippen LogP contribution in [0.3, 0.4) is 0 Å². The molecule has 1 aromatic carbocycles. The van der Waals surface area contributed by atoms with Gasteiger partial charge in [-0.2, -0.15) is 5.10 Å². The molecule has 0 saturated carbocycles. The van der Waals surface area contributed by atoms with Crippen molar-refractivity contribution in [3.63, 3.8) is 0 Å². The van der Waals surface area contributed by atoms with Gasteiger partial charge < -0.3 is 14.7 Å². The highest BCUT2D eigenvalue weighted by Crippen LogP contribution is 2.34. The summed E-state index contributed by atoms with van der Waals surface area (Å²) in [6.45, 7) is 6.31. The fraction of sp³-hybridized carbons (Fsp3) is 0.524. The molecule has 32 heavy (non-hydrogen) atoms. The number of benzene rings is 1. The highest BCUT2D eigenvalue weighted by atomic mass is 35.5. The van der Waals surface area contributed by atoms with Crippen molar-refractivity contribution < 1.29 is 23.1 Å². The van der Waals surface area contributed by atoms with Crippen LogP contribution in [0.15, 0.2) is 35.2 Å². The number of hydrogen-bond donors (Lipinski definition) is 1. The molecule has 0 amide bonds. The van der Waals surface area contributed by atoms with E-state index in [2.05, 4.69) is 10.00 Å². The molecule has 2 fully saturated rings. The van der Waals surface area contributed by atoms with E-state index in [0.717, 1.165) is 25.3 Å². The SMILES string of the molecule is Cc1cc(N2C[C@H](S(=O)(=O)c3ccccc3Cl)C[C@H]2C(=O)O)n(CCN2CCOCC2)n1. The Bertz CT molecular complexity index is 1080. The fourth-order valence-electron chi connectivity index (χ4n) is 4.35. The van der Waals surface area contributed by atoms with E-state index in [1.54, 1.807) is 21.7 Å². The van der Waals surface area contributed by atoms with Crippen LogP contribution in [0.2, 0.25) is 5.02 Å². The Morgan fingerprint density at radius 2 is 1.97 bits per heavy atom. The molecular weight excluding hydrogens is 456 g/mol. The molecular formula is C21H27ClN4O5S. The van der Waals surface area contributed by atoms with Gasteiger partial charge in [0.1, 0.15) is 11.9 Å². The van der Waals surface area contributed by atoms with Crippen LogP contribution in [0, 0.1) is 6.92 Å². The van der Waals surface area contributed by atoms with Gasteiger partial charge in [0.05, 0.1) is 40.6 Å². The second-order valence-electron chi connectivity index (χ2n) is 8.16. The van der Waals surface area contributed by atoms with Gasteiger partial charge >= 0.3 is 5.97 Å². The molecule has 2 aromatic rings. The van der Waals surface area contributed by atoms with E-state index in [-0.39, 0.29) is 22.9 Å². The summed E-state index contributed by atoms with van der Waals surface area (Å²) in [4.78, 5) is 16.0. The normalized spacial score (nSPS) is 22.4. The second-order valence-corrected chi connectivity index (χ2v) is 10.8. The van der Waals surface area contributed by atoms with Crippen molar-refractivity contribution in [2.45, 2.75) is 36.1 Å². The third kappa shape index (κ3) is 4.63. The number of rotatable bonds is 7. The number of carboxylic acids is 1. The van der Waals surface area contributed by atoms with Gasteiger partial charge in [-0.3, -0.25) is 4.90 Å². The zero-order valence-electron chi connectivity index (χ0n) is 17.9. The first-order valence-electron chi connectivity index (χ1n) is 10.6. The second kappa shape index (κ2) is 9.38. The molecule has 1 N–H and O–H groups in total. The minimum absolute atomic E-state index is 0.0173. The molecule has 0 unspecified atom stereocenters. The number of aromatic nitrogens is 2. The highest BCUT2D eigenvalue weighted by molar-refractivity contribution is 7.92. The van der Waals surface area contributed by atoms with Crippen molar-refractivity contribution in [3.05, 3.63) is 41.0 Å². The Morgan fingerprint density at radius 3 is 2.66 bits per heavy atom. The Labute approximate surface area is 192 Å². The minimum atomic E-state index is -3.80. The Morgan fingerprint density at radius 1 is 1.25 bits per heavy atom. The Balaban J connectivity index is 1.59. The van der Waals surface area contributed by atoms with E-state index in [9.17, 15) is 18.3 Å². The van der Waals surface area contributed by atoms with Gasteiger partial charge in [0, 0.05) is 32.2 Å². The van der Waals surface area contributed by atoms with Crippen LogP contribution in [0.4, 0.5) is 5.82 Å². The zero-order valence-corrected chi connectivity index (χ0v) is 19.4. The molecule has 0 bridgehead atoms. The predicted molar refractivity (Wildman–Crippen MR) is 120 cm³/mol. The van der Waals surface area contributed by atoms with Crippen LogP contribution in [-0.2, 0) is 25.9 Å². The lowest BCUT2D eigenvalue weighted by molar-refractivity contribution is -0.138. The number of halogens is 1. The number of carbonyl (C=O) groups is 1. The number of nitrogens with zero attached hydrogens (tertiary/aromatic N) is 4. The van der Waals surface area contributed by atoms with Crippen molar-refractivity contribution in [1.29, 1.82) is 0 Å². The van der Waals surface area contributed by atoms with E-state index in [4.69, 9.17) is 16.3 Å². The van der Waals surface area contributed by atoms with Crippen LogP contribution in [-0.4, -0.2) is 84.9 Å². The van der Waals surface area contributed by atoms with Crippen LogP contribution in [0.25, 0.3) is 0 Å². The first-order chi connectivity index (χ1) is 15.3. The first kappa shape index (κ1) is 23.0. The van der Waals surface area contributed by atoms with Gasteiger partial charge in [-0.1, -0.05) is 23.7 Å². The van der Waals surface area contributed by atoms with Crippen molar-refractivity contribution in [3.8, 4) is 0 Å². The number of carboxylic acid groups (broad SMARTS) is 1. The smallest absolute Gasteiger partial charge is 0.326 e. The third-order valence-corrected chi connectivity index (χ3v) is 8.67. The third-order valence-electron chi connectivity index (χ3n) is 6.04. The maximum atomic E-state index is 13.3. The fourth-order valence-corrected chi connectivity index (χ4v) is 6.57. The molecule has 3 heterocycles. The van der Waals surface area contributed by atoms with E-state index in [0.29, 0.717) is 25.6 Å². The number of aliphatic carboxylic acids is 1. The Hall–Kier alpha value is -2.14. The quantitative estimate of drug-likeness (QED) is 0.635. The van der Waals surface area contributed by atoms with Crippen molar-refractivity contribution in [2.24, 2.45) is 0 Å². The van der Waals surface area contributed by atoms with Gasteiger partial charge in [-0.05, 0) is 25.5 Å². The van der Waals surface area contributed by atoms with Crippen LogP contribution < -0.4 is 4.90 Å². The molecule has 1 aromatic heterocycles. The summed E-state index contributed by atoms with van der Waals surface area (Å²) >= 11 is 6.15. The summed E-state index contributed by atoms with van der Waals surface area (Å²) < 4.78 is 33.7. The van der Waals surface area contributed by atoms with Gasteiger partial charge in [-0.25, -0.2) is 17.9 Å². The standard InChI is InChI=1S/C21H27ClN4O5S/c1-15-12-20(26(23-15)7-6-24-8-10-31-11-9-24)25-14-16(13-18(25)21(27)28)32(29,30)19-5-3-2-4-17(19)22/h2-5,12,16,18H,6-11,13-14H2,1H3,(H,27,28)/t16-,18+/m1/s1. The van der Waals surface area contributed by atoms with Gasteiger partial charge in [0.2, 0.25) is 0 Å². The van der Waals surface area contributed by atoms with E-state index < -0.39 is 27.1 Å². The topological polar surface area (TPSA) is 105 Å². The molecule has 4 rings (SSSR count). The molecule has 2 aliphatic rings. The highest BCUT2D eigenvalue weighted by Gasteiger charge is 2.45. The largest absolute Gasteiger partial charge is 0.480 e. The van der Waals surface area contributed by atoms with Crippen LogP contribution in [0.1, 0.15) is 12.1 Å². The summed E-state index contributed by atoms with van der Waals surface area (Å²) in [6, 6.07) is 7.13. The van der Waals surface area contributed by atoms with Crippen LogP contribution >= 0.6 is 11.6 Å². The summed E-state index contributed by atoms with van der Waals surface area (Å²) in [5, 5.41) is 13.7. The first-order valence-corrected chi connectivity index (χ1v) is 12.5. The summed E-state index contributed by atoms with van der Waals surface area (Å²) in [6.07, 6.45) is -0.0173. The number of ether oxygens (including phenoxy) is 1. The molecule has 2 saturated heterocycles. The van der Waals surface area contributed by atoms with Crippen LogP contribution in [0.5, 0.6) is 0 Å². The predicted octanol–water partition coefficient (Wildman–Crippen LogP) is 1.68. The number of sulfone groups is 1. The van der Waals surface area contributed by atoms with E-state index >= 15 is 0 Å². The maximum absolute atomic E-state index is 13.3. The van der Waals surface area contributed by atoms with Gasteiger partial charge in [0.15, 0.2) is 9.84 Å². The molecule has 9 nitrogen and oxygen atoms in total. The number of morpholine rings is 1. The lowest BCUT2D eigenvalue weighted by Gasteiger charge is -2.28. The van der Waals surface area contributed by atoms with Crippen molar-refractivity contribution >= 4 is 33.2 Å². The molecule has 0 spiro atoms. The summed E-state index contributed by atoms with van der Waals surface area (Å²) in [5.74, 6) is -0.430. The molecule has 11 heteroatoms. The van der Waals surface area contributed by atoms with Gasteiger partial charge in [0.25, 0.3) is 0 Å². The van der Waals surface area contributed by atoms with E-state index in [1.165, 1.54) is 12.1 Å². The summed E-state index contributed by atoms with van der Waals surface area (Å²) in [7, 11) is -3.80. The minimum Gasteiger partial charge on any atom is -0.480 e. The monoisotopic (exact) mass is 482 g/mol. The Kier molecular flexibility index (Phi) is 6.75. The average molecular weight is 483 g/mol.